The van der Waals surface area contributed by atoms with Gasteiger partial charge in [-0.2, -0.15) is 0 Å². The maximum Gasteiger partial charge on any atom is 0.254 e. The lowest BCUT2D eigenvalue weighted by molar-refractivity contribution is 0.0950. The van der Waals surface area contributed by atoms with Crippen molar-refractivity contribution in [2.24, 2.45) is 4.99 Å². The number of aliphatic imine (C=N–C) groups is 1. The number of rotatable bonds is 6. The van der Waals surface area contributed by atoms with Gasteiger partial charge in [-0.25, -0.2) is 4.39 Å². The zero-order valence-electron chi connectivity index (χ0n) is 16.3. The molecule has 2 aromatic carbocycles. The van der Waals surface area contributed by atoms with E-state index in [1.807, 2.05) is 18.2 Å². The zero-order valence-corrected chi connectivity index (χ0v) is 17.0. The van der Waals surface area contributed by atoms with Crippen LogP contribution in [0.3, 0.4) is 0 Å². The minimum atomic E-state index is -0.527. The van der Waals surface area contributed by atoms with Crippen molar-refractivity contribution in [2.45, 2.75) is 12.5 Å². The van der Waals surface area contributed by atoms with Crippen LogP contribution in [0.2, 0.25) is 5.02 Å². The molecule has 1 heterocycles. The molecule has 8 heteroatoms. The number of carbonyl (C=O) groups is 1. The molecular formula is C21H25ClFN5O. The summed E-state index contributed by atoms with van der Waals surface area (Å²) in [6.07, 6.45) is 0.983. The Labute approximate surface area is 175 Å². The molecule has 1 aliphatic rings. The summed E-state index contributed by atoms with van der Waals surface area (Å²) in [7, 11) is 1.71. The van der Waals surface area contributed by atoms with Gasteiger partial charge in [0.2, 0.25) is 0 Å². The fraction of sp³-hybridized carbons (Fsp3) is 0.333. The Balaban J connectivity index is 1.41. The highest BCUT2D eigenvalue weighted by molar-refractivity contribution is 6.30. The Hall–Kier alpha value is -2.80. The Bertz CT molecular complexity index is 876. The van der Waals surface area contributed by atoms with E-state index in [9.17, 15) is 9.18 Å². The summed E-state index contributed by atoms with van der Waals surface area (Å²) < 4.78 is 13.6. The highest BCUT2D eigenvalue weighted by Gasteiger charge is 2.23. The number of nitrogens with zero attached hydrogens (tertiary/aromatic N) is 2. The lowest BCUT2D eigenvalue weighted by atomic mass is 10.2. The summed E-state index contributed by atoms with van der Waals surface area (Å²) in [6.45, 7) is 2.62. The van der Waals surface area contributed by atoms with Crippen LogP contribution >= 0.6 is 11.6 Å². The van der Waals surface area contributed by atoms with Crippen molar-refractivity contribution in [1.82, 2.24) is 16.0 Å². The van der Waals surface area contributed by atoms with Crippen LogP contribution in [-0.4, -0.2) is 51.1 Å². The van der Waals surface area contributed by atoms with Crippen molar-refractivity contribution in [3.05, 3.63) is 64.9 Å². The van der Waals surface area contributed by atoms with Crippen LogP contribution in [0.4, 0.5) is 10.1 Å². The van der Waals surface area contributed by atoms with Gasteiger partial charge in [0.1, 0.15) is 5.82 Å². The first-order valence-electron chi connectivity index (χ1n) is 9.57. The van der Waals surface area contributed by atoms with Crippen LogP contribution in [-0.2, 0) is 0 Å². The monoisotopic (exact) mass is 417 g/mol. The van der Waals surface area contributed by atoms with Gasteiger partial charge in [-0.15, -0.1) is 0 Å². The van der Waals surface area contributed by atoms with E-state index in [2.05, 4.69) is 31.9 Å². The second kappa shape index (κ2) is 10.1. The Morgan fingerprint density at radius 2 is 2.00 bits per heavy atom. The standard InChI is InChI=1S/C21H25ClFN5O/c1-24-21(26-11-10-25-20(29)18-7-2-3-8-19(18)23)27-16-9-12-28(14-16)17-6-4-5-15(22)13-17/h2-8,13,16H,9-12,14H2,1H3,(H,25,29)(H2,24,26,27). The molecule has 0 radical (unpaired) electrons. The second-order valence-electron chi connectivity index (χ2n) is 6.79. The molecule has 0 spiro atoms. The van der Waals surface area contributed by atoms with E-state index in [4.69, 9.17) is 11.6 Å². The molecule has 0 aromatic heterocycles. The third kappa shape index (κ3) is 5.84. The smallest absolute Gasteiger partial charge is 0.254 e. The first-order chi connectivity index (χ1) is 14.1. The molecule has 3 N–H and O–H groups in total. The molecule has 2 aromatic rings. The predicted octanol–water partition coefficient (Wildman–Crippen LogP) is 2.65. The molecule has 6 nitrogen and oxygen atoms in total. The Kier molecular flexibility index (Phi) is 7.30. The van der Waals surface area contributed by atoms with Crippen LogP contribution in [0.5, 0.6) is 0 Å². The first-order valence-corrected chi connectivity index (χ1v) is 9.95. The Morgan fingerprint density at radius 1 is 1.21 bits per heavy atom. The van der Waals surface area contributed by atoms with Crippen molar-refractivity contribution in [3.63, 3.8) is 0 Å². The number of hydrogen-bond acceptors (Lipinski definition) is 3. The van der Waals surface area contributed by atoms with E-state index in [1.165, 1.54) is 12.1 Å². The number of nitrogens with one attached hydrogen (secondary N) is 3. The minimum absolute atomic E-state index is 0.0436. The van der Waals surface area contributed by atoms with Gasteiger partial charge in [0.25, 0.3) is 5.91 Å². The summed E-state index contributed by atoms with van der Waals surface area (Å²) >= 11 is 6.09. The molecule has 1 amide bonds. The van der Waals surface area contributed by atoms with Gasteiger partial charge >= 0.3 is 0 Å². The molecule has 0 saturated carbocycles. The summed E-state index contributed by atoms with van der Waals surface area (Å²) in [5.41, 5.74) is 1.16. The van der Waals surface area contributed by atoms with Gasteiger partial charge in [0, 0.05) is 50.0 Å². The third-order valence-electron chi connectivity index (χ3n) is 4.75. The van der Waals surface area contributed by atoms with E-state index in [0.29, 0.717) is 19.0 Å². The molecule has 1 saturated heterocycles. The van der Waals surface area contributed by atoms with E-state index in [1.54, 1.807) is 19.2 Å². The quantitative estimate of drug-likeness (QED) is 0.384. The van der Waals surface area contributed by atoms with Crippen LogP contribution < -0.4 is 20.9 Å². The lowest BCUT2D eigenvalue weighted by Crippen LogP contribution is -2.46. The van der Waals surface area contributed by atoms with Crippen molar-refractivity contribution >= 4 is 29.2 Å². The van der Waals surface area contributed by atoms with Crippen molar-refractivity contribution in [3.8, 4) is 0 Å². The van der Waals surface area contributed by atoms with Gasteiger partial charge in [-0.1, -0.05) is 29.8 Å². The van der Waals surface area contributed by atoms with Crippen molar-refractivity contribution < 1.29 is 9.18 Å². The molecule has 1 fully saturated rings. The number of anilines is 1. The van der Waals surface area contributed by atoms with Crippen LogP contribution in [0.1, 0.15) is 16.8 Å². The maximum absolute atomic E-state index is 13.6. The number of hydrogen-bond donors (Lipinski definition) is 3. The highest BCUT2D eigenvalue weighted by atomic mass is 35.5. The van der Waals surface area contributed by atoms with Gasteiger partial charge < -0.3 is 20.9 Å². The molecule has 3 rings (SSSR count). The largest absolute Gasteiger partial charge is 0.369 e. The highest BCUT2D eigenvalue weighted by Crippen LogP contribution is 2.23. The summed E-state index contributed by atoms with van der Waals surface area (Å²) in [6, 6.07) is 14.0. The summed E-state index contributed by atoms with van der Waals surface area (Å²) in [4.78, 5) is 18.5. The molecule has 29 heavy (non-hydrogen) atoms. The molecular weight excluding hydrogens is 393 g/mol. The second-order valence-corrected chi connectivity index (χ2v) is 7.23. The van der Waals surface area contributed by atoms with Gasteiger partial charge in [-0.05, 0) is 36.8 Å². The zero-order chi connectivity index (χ0) is 20.6. The average Bonchev–Trinajstić information content (AvgIpc) is 3.19. The SMILES string of the molecule is CN=C(NCCNC(=O)c1ccccc1F)NC1CCN(c2cccc(Cl)c2)C1. The number of guanidine groups is 1. The maximum atomic E-state index is 13.6. The van der Waals surface area contributed by atoms with Crippen LogP contribution in [0.25, 0.3) is 0 Å². The predicted molar refractivity (Wildman–Crippen MR) is 115 cm³/mol. The van der Waals surface area contributed by atoms with Crippen molar-refractivity contribution in [1.29, 1.82) is 0 Å². The van der Waals surface area contributed by atoms with E-state index in [0.717, 1.165) is 30.2 Å². The van der Waals surface area contributed by atoms with Gasteiger partial charge in [-0.3, -0.25) is 9.79 Å². The average molecular weight is 418 g/mol. The number of carbonyl (C=O) groups excluding carboxylic acids is 1. The normalized spacial score (nSPS) is 16.6. The molecule has 0 bridgehead atoms. The minimum Gasteiger partial charge on any atom is -0.369 e. The third-order valence-corrected chi connectivity index (χ3v) is 4.98. The van der Waals surface area contributed by atoms with Crippen LogP contribution in [0.15, 0.2) is 53.5 Å². The molecule has 1 aliphatic heterocycles. The first kappa shape index (κ1) is 20.9. The van der Waals surface area contributed by atoms with E-state index in [-0.39, 0.29) is 11.6 Å². The topological polar surface area (TPSA) is 68.8 Å². The molecule has 1 atom stereocenters. The number of amides is 1. The molecule has 0 aliphatic carbocycles. The number of halogens is 2. The van der Waals surface area contributed by atoms with Crippen LogP contribution in [0, 0.1) is 5.82 Å². The lowest BCUT2D eigenvalue weighted by Gasteiger charge is -2.20. The van der Waals surface area contributed by atoms with Gasteiger partial charge in [0.05, 0.1) is 5.56 Å². The summed E-state index contributed by atoms with van der Waals surface area (Å²) in [5.74, 6) is -0.287. The molecule has 154 valence electrons. The molecule has 1 unspecified atom stereocenters. The fourth-order valence-electron chi connectivity index (χ4n) is 3.27. The number of benzene rings is 2. The van der Waals surface area contributed by atoms with E-state index < -0.39 is 11.7 Å². The van der Waals surface area contributed by atoms with E-state index >= 15 is 0 Å². The fourth-order valence-corrected chi connectivity index (χ4v) is 3.46. The Morgan fingerprint density at radius 3 is 2.76 bits per heavy atom. The van der Waals surface area contributed by atoms with Crippen molar-refractivity contribution in [2.75, 3.05) is 38.1 Å². The summed E-state index contributed by atoms with van der Waals surface area (Å²) in [5, 5.41) is 10.0. The van der Waals surface area contributed by atoms with Gasteiger partial charge in [0.15, 0.2) is 5.96 Å².